The molecule has 0 saturated carbocycles. The van der Waals surface area contributed by atoms with Crippen LogP contribution in [0, 0.1) is 6.92 Å². The molecule has 2 amide bonds. The zero-order chi connectivity index (χ0) is 18.1. The number of carbonyl (C=O) groups is 2. The topological polar surface area (TPSA) is 112 Å². The van der Waals surface area contributed by atoms with Crippen molar-refractivity contribution in [2.75, 3.05) is 12.4 Å². The van der Waals surface area contributed by atoms with E-state index in [1.165, 1.54) is 24.5 Å². The van der Waals surface area contributed by atoms with E-state index in [0.717, 1.165) is 5.69 Å². The number of ether oxygens (including phenoxy) is 1. The van der Waals surface area contributed by atoms with Gasteiger partial charge >= 0.3 is 0 Å². The average molecular weight is 359 g/mol. The summed E-state index contributed by atoms with van der Waals surface area (Å²) in [5.74, 6) is -0.422. The number of primary amides is 1. The van der Waals surface area contributed by atoms with Gasteiger partial charge in [0.05, 0.1) is 17.5 Å². The van der Waals surface area contributed by atoms with E-state index in [0.29, 0.717) is 38.9 Å². The smallest absolute Gasteiger partial charge is 0.275 e. The number of aryl methyl sites for hydroxylation is 2. The number of nitrogens with zero attached hydrogens (tertiary/aromatic N) is 3. The minimum absolute atomic E-state index is 0.296. The molecule has 8 nitrogen and oxygen atoms in total. The van der Waals surface area contributed by atoms with Crippen molar-refractivity contribution in [1.29, 1.82) is 0 Å². The standard InChI is InChI=1S/C16H17N5O3S/c1-4-21-10(5-8(2)20-21)15(23)19-16-18-13-11(24-3)6-9(14(17)22)7-12(13)25-16/h5-7H,4H2,1-3H3,(H2,17,22)(H,18,19,23). The first-order chi connectivity index (χ1) is 11.9. The molecule has 1 aromatic carbocycles. The van der Waals surface area contributed by atoms with Crippen molar-refractivity contribution >= 4 is 38.5 Å². The third kappa shape index (κ3) is 3.18. The van der Waals surface area contributed by atoms with Crippen molar-refractivity contribution in [3.05, 3.63) is 35.2 Å². The summed E-state index contributed by atoms with van der Waals surface area (Å²) in [5.41, 5.74) is 7.45. The van der Waals surface area contributed by atoms with Crippen molar-refractivity contribution in [2.45, 2.75) is 20.4 Å². The Morgan fingerprint density at radius 3 is 2.76 bits per heavy atom. The molecule has 0 aliphatic rings. The van der Waals surface area contributed by atoms with Gasteiger partial charge in [-0.15, -0.1) is 0 Å². The summed E-state index contributed by atoms with van der Waals surface area (Å²) in [6, 6.07) is 4.89. The number of nitrogens with two attached hydrogens (primary N) is 1. The molecular weight excluding hydrogens is 342 g/mol. The van der Waals surface area contributed by atoms with E-state index < -0.39 is 5.91 Å². The average Bonchev–Trinajstić information content (AvgIpc) is 3.15. The van der Waals surface area contributed by atoms with Gasteiger partial charge in [0, 0.05) is 12.1 Å². The highest BCUT2D eigenvalue weighted by Crippen LogP contribution is 2.33. The summed E-state index contributed by atoms with van der Waals surface area (Å²) in [5, 5.41) is 7.44. The van der Waals surface area contributed by atoms with E-state index in [-0.39, 0.29) is 5.91 Å². The van der Waals surface area contributed by atoms with Crippen molar-refractivity contribution in [1.82, 2.24) is 14.8 Å². The number of aromatic nitrogens is 3. The number of thiazole rings is 1. The molecule has 2 aromatic heterocycles. The first-order valence-electron chi connectivity index (χ1n) is 7.57. The molecule has 3 N–H and O–H groups in total. The largest absolute Gasteiger partial charge is 0.494 e. The van der Waals surface area contributed by atoms with Crippen molar-refractivity contribution in [3.63, 3.8) is 0 Å². The molecule has 0 bridgehead atoms. The molecule has 0 radical (unpaired) electrons. The number of anilines is 1. The summed E-state index contributed by atoms with van der Waals surface area (Å²) < 4.78 is 7.60. The van der Waals surface area contributed by atoms with Crippen LogP contribution < -0.4 is 15.8 Å². The number of fused-ring (bicyclic) bond motifs is 1. The normalized spacial score (nSPS) is 10.8. The molecule has 3 rings (SSSR count). The highest BCUT2D eigenvalue weighted by molar-refractivity contribution is 7.22. The van der Waals surface area contributed by atoms with E-state index in [1.54, 1.807) is 16.8 Å². The third-order valence-electron chi connectivity index (χ3n) is 3.62. The lowest BCUT2D eigenvalue weighted by molar-refractivity contribution is 0.0996. The Balaban J connectivity index is 1.96. The maximum absolute atomic E-state index is 12.5. The second-order valence-corrected chi connectivity index (χ2v) is 6.38. The molecule has 0 aliphatic heterocycles. The molecule has 0 spiro atoms. The number of carbonyl (C=O) groups excluding carboxylic acids is 2. The molecule has 0 aliphatic carbocycles. The Labute approximate surface area is 147 Å². The Hall–Kier alpha value is -2.94. The van der Waals surface area contributed by atoms with Gasteiger partial charge in [-0.2, -0.15) is 5.10 Å². The molecule has 0 fully saturated rings. The van der Waals surface area contributed by atoms with Crippen LogP contribution in [0.3, 0.4) is 0 Å². The van der Waals surface area contributed by atoms with Gasteiger partial charge in [0.15, 0.2) is 5.13 Å². The lowest BCUT2D eigenvalue weighted by atomic mass is 10.2. The van der Waals surface area contributed by atoms with Crippen LogP contribution in [0.15, 0.2) is 18.2 Å². The van der Waals surface area contributed by atoms with Gasteiger partial charge in [0.1, 0.15) is 17.0 Å². The molecule has 0 atom stereocenters. The maximum atomic E-state index is 12.5. The number of rotatable bonds is 5. The van der Waals surface area contributed by atoms with Crippen LogP contribution in [-0.2, 0) is 6.54 Å². The monoisotopic (exact) mass is 359 g/mol. The number of nitrogens with one attached hydrogen (secondary N) is 1. The molecule has 0 saturated heterocycles. The van der Waals surface area contributed by atoms with Crippen molar-refractivity contribution in [3.8, 4) is 5.75 Å². The minimum Gasteiger partial charge on any atom is -0.494 e. The fraction of sp³-hybridized carbons (Fsp3) is 0.250. The SMILES string of the molecule is CCn1nc(C)cc1C(=O)Nc1nc2c(OC)cc(C(N)=O)cc2s1. The summed E-state index contributed by atoms with van der Waals surface area (Å²) in [7, 11) is 1.49. The van der Waals surface area contributed by atoms with Gasteiger partial charge in [-0.25, -0.2) is 4.98 Å². The summed E-state index contributed by atoms with van der Waals surface area (Å²) in [4.78, 5) is 28.3. The number of amides is 2. The van der Waals surface area contributed by atoms with E-state index in [9.17, 15) is 9.59 Å². The van der Waals surface area contributed by atoms with Crippen LogP contribution in [0.2, 0.25) is 0 Å². The lowest BCUT2D eigenvalue weighted by Crippen LogP contribution is -2.17. The van der Waals surface area contributed by atoms with Crippen LogP contribution >= 0.6 is 11.3 Å². The Morgan fingerprint density at radius 2 is 2.12 bits per heavy atom. The summed E-state index contributed by atoms with van der Waals surface area (Å²) >= 11 is 1.24. The van der Waals surface area contributed by atoms with Crippen LogP contribution in [0.4, 0.5) is 5.13 Å². The highest BCUT2D eigenvalue weighted by Gasteiger charge is 2.17. The highest BCUT2D eigenvalue weighted by atomic mass is 32.1. The second kappa shape index (κ2) is 6.52. The van der Waals surface area contributed by atoms with E-state index in [4.69, 9.17) is 10.5 Å². The van der Waals surface area contributed by atoms with Crippen LogP contribution in [-0.4, -0.2) is 33.7 Å². The first-order valence-corrected chi connectivity index (χ1v) is 8.38. The van der Waals surface area contributed by atoms with Gasteiger partial charge in [0.2, 0.25) is 5.91 Å². The molecular formula is C16H17N5O3S. The lowest BCUT2D eigenvalue weighted by Gasteiger charge is -2.03. The Kier molecular flexibility index (Phi) is 4.41. The van der Waals surface area contributed by atoms with E-state index >= 15 is 0 Å². The van der Waals surface area contributed by atoms with E-state index in [2.05, 4.69) is 15.4 Å². The van der Waals surface area contributed by atoms with Crippen LogP contribution in [0.5, 0.6) is 5.75 Å². The number of methoxy groups -OCH3 is 1. The molecule has 9 heteroatoms. The van der Waals surface area contributed by atoms with Gasteiger partial charge in [-0.3, -0.25) is 19.6 Å². The molecule has 130 valence electrons. The predicted octanol–water partition coefficient (Wildman–Crippen LogP) is 2.18. The van der Waals surface area contributed by atoms with Crippen LogP contribution in [0.1, 0.15) is 33.5 Å². The Morgan fingerprint density at radius 1 is 1.36 bits per heavy atom. The quantitative estimate of drug-likeness (QED) is 0.725. The zero-order valence-corrected chi connectivity index (χ0v) is 14.8. The Bertz CT molecular complexity index is 976. The molecule has 2 heterocycles. The number of hydrogen-bond acceptors (Lipinski definition) is 6. The van der Waals surface area contributed by atoms with E-state index in [1.807, 2.05) is 13.8 Å². The zero-order valence-electron chi connectivity index (χ0n) is 14.0. The maximum Gasteiger partial charge on any atom is 0.275 e. The van der Waals surface area contributed by atoms with Gasteiger partial charge < -0.3 is 10.5 Å². The number of hydrogen-bond donors (Lipinski definition) is 2. The second-order valence-electron chi connectivity index (χ2n) is 5.35. The van der Waals surface area contributed by atoms with Gasteiger partial charge in [0.25, 0.3) is 5.91 Å². The predicted molar refractivity (Wildman–Crippen MR) is 95.3 cm³/mol. The summed E-state index contributed by atoms with van der Waals surface area (Å²) in [6.45, 7) is 4.33. The van der Waals surface area contributed by atoms with Crippen molar-refractivity contribution < 1.29 is 14.3 Å². The third-order valence-corrected chi connectivity index (χ3v) is 4.54. The molecule has 3 aromatic rings. The minimum atomic E-state index is -0.554. The summed E-state index contributed by atoms with van der Waals surface area (Å²) in [6.07, 6.45) is 0. The van der Waals surface area contributed by atoms with Gasteiger partial charge in [-0.1, -0.05) is 11.3 Å². The fourth-order valence-corrected chi connectivity index (χ4v) is 3.40. The first kappa shape index (κ1) is 16.9. The molecule has 0 unspecified atom stereocenters. The number of benzene rings is 1. The fourth-order valence-electron chi connectivity index (χ4n) is 2.48. The molecule has 25 heavy (non-hydrogen) atoms. The van der Waals surface area contributed by atoms with Crippen LogP contribution in [0.25, 0.3) is 10.2 Å². The van der Waals surface area contributed by atoms with Gasteiger partial charge in [-0.05, 0) is 32.0 Å². The van der Waals surface area contributed by atoms with Crippen molar-refractivity contribution in [2.24, 2.45) is 5.73 Å².